The zero-order valence-corrected chi connectivity index (χ0v) is 45.0. The fraction of sp³-hybridized carbons (Fsp3) is 0.500. The minimum Gasteiger partial charge on any atom is -0.489 e. The van der Waals surface area contributed by atoms with Gasteiger partial charge in [-0.1, -0.05) is 168 Å². The molecule has 0 aromatic heterocycles. The third kappa shape index (κ3) is 24.7. The maximum atomic E-state index is 11.0. The van der Waals surface area contributed by atoms with Gasteiger partial charge in [-0.15, -0.1) is 31.4 Å². The average Bonchev–Trinajstić information content (AvgIpc) is 3.44. The third-order valence-corrected chi connectivity index (χ3v) is 13.1. The number of rotatable bonds is 30. The van der Waals surface area contributed by atoms with Gasteiger partial charge >= 0.3 is 0 Å². The van der Waals surface area contributed by atoms with E-state index in [0.29, 0.717) is 44.1 Å². The van der Waals surface area contributed by atoms with E-state index in [4.69, 9.17) is 34.8 Å². The number of carbonyl (C=O) groups excluding carboxylic acids is 1. The first-order valence-electron chi connectivity index (χ1n) is 27.8. The average molecular weight is 1010 g/mol. The summed E-state index contributed by atoms with van der Waals surface area (Å²) in [6.07, 6.45) is 32.7. The molecule has 5 atom stereocenters. The molecule has 4 aromatic carbocycles. The van der Waals surface area contributed by atoms with E-state index in [1.807, 2.05) is 97.1 Å². The number of aldehydes is 1. The highest BCUT2D eigenvalue weighted by Gasteiger charge is 2.21. The van der Waals surface area contributed by atoms with Crippen LogP contribution in [0.15, 0.2) is 122 Å². The topological polar surface area (TPSA) is 92.7 Å². The van der Waals surface area contributed by atoms with Gasteiger partial charge < -0.3 is 33.5 Å². The van der Waals surface area contributed by atoms with Crippen LogP contribution in [0, 0.1) is 24.2 Å². The summed E-state index contributed by atoms with van der Waals surface area (Å²) in [6, 6.07) is 31.3. The van der Waals surface area contributed by atoms with Gasteiger partial charge in [0.25, 0.3) is 0 Å². The number of allylic oxidation sites excluding steroid dienone is 2. The molecular weight excluding hydrogens is 921 g/mol. The van der Waals surface area contributed by atoms with Crippen molar-refractivity contribution in [3.8, 4) is 35.7 Å². The van der Waals surface area contributed by atoms with Crippen molar-refractivity contribution in [3.05, 3.63) is 156 Å². The molecule has 2 aliphatic heterocycles. The van der Waals surface area contributed by atoms with Crippen LogP contribution in [-0.4, -0.2) is 49.4 Å². The first kappa shape index (κ1) is 61.1. The summed E-state index contributed by atoms with van der Waals surface area (Å²) in [7, 11) is 0. The van der Waals surface area contributed by atoms with Gasteiger partial charge in [-0.3, -0.25) is 4.79 Å². The molecule has 2 saturated heterocycles. The lowest BCUT2D eigenvalue weighted by Gasteiger charge is -2.27. The largest absolute Gasteiger partial charge is 0.489 e. The molecule has 8 heteroatoms. The second kappa shape index (κ2) is 39.0. The SMILES string of the molecule is C#CCC[C@H](CCCCC)OC1CCCCO1.C=CCc1c(C=O)cccc1OCc1ccccc1.C=CCc1c(OCc2ccccc2)cccc1C(O)C#CCC[C@H](CCCCCCC)OC1CCCCO1. The molecule has 74 heavy (non-hydrogen) atoms. The molecule has 2 heterocycles. The Hall–Kier alpha value is -5.45. The number of hydrogen-bond acceptors (Lipinski definition) is 8. The van der Waals surface area contributed by atoms with Crippen LogP contribution in [0.3, 0.4) is 0 Å². The first-order chi connectivity index (χ1) is 36.4. The maximum Gasteiger partial charge on any atom is 0.157 e. The van der Waals surface area contributed by atoms with Gasteiger partial charge in [-0.25, -0.2) is 0 Å². The molecular formula is C66H88O8. The predicted octanol–water partition coefficient (Wildman–Crippen LogP) is 15.8. The number of aliphatic hydroxyl groups is 1. The van der Waals surface area contributed by atoms with E-state index in [-0.39, 0.29) is 18.7 Å². The van der Waals surface area contributed by atoms with Crippen molar-refractivity contribution >= 4 is 6.29 Å². The van der Waals surface area contributed by atoms with Crippen molar-refractivity contribution in [2.24, 2.45) is 0 Å². The lowest BCUT2D eigenvalue weighted by Crippen LogP contribution is -2.28. The summed E-state index contributed by atoms with van der Waals surface area (Å²) < 4.78 is 35.7. The molecule has 0 radical (unpaired) electrons. The van der Waals surface area contributed by atoms with Crippen LogP contribution in [-0.2, 0) is 45.0 Å². The van der Waals surface area contributed by atoms with Crippen molar-refractivity contribution in [2.75, 3.05) is 13.2 Å². The number of benzene rings is 4. The first-order valence-corrected chi connectivity index (χ1v) is 27.8. The molecule has 8 nitrogen and oxygen atoms in total. The minimum atomic E-state index is -0.875. The standard InChI is InChI=1S/C34H46O4.C17H16O2.C15H26O2/c1-3-5-6-7-11-20-29(38-34-25-14-15-26-36-34)21-12-13-23-32(35)30-22-16-24-33(31(30)17-4-2)37-27-28-18-9-8-10-19-28;1-2-7-16-15(12-18)10-6-11-17(16)19-13-14-8-4-3-5-9-14;1-3-5-7-11-14(10-6-4-2)17-15-12-8-9-13-16-15/h4,8-10,16,18-19,22,24,29,32,34-35H,2-3,5-7,11-12,14-15,17,20-21,25-27H2,1H3;2-6,8-12H,1,7,13H2;2,14-15H,3,5-13H2,1H3/t29-,32?,34?;;14-,15?/m0.1/s1. The quantitative estimate of drug-likeness (QED) is 0.0239. The number of terminal acetylenes is 1. The number of carbonyl (C=O) groups is 1. The third-order valence-electron chi connectivity index (χ3n) is 13.1. The van der Waals surface area contributed by atoms with Crippen molar-refractivity contribution in [2.45, 2.75) is 199 Å². The van der Waals surface area contributed by atoms with Gasteiger partial charge in [0.15, 0.2) is 12.6 Å². The second-order valence-electron chi connectivity index (χ2n) is 19.1. The summed E-state index contributed by atoms with van der Waals surface area (Å²) in [5.41, 5.74) is 5.46. The minimum absolute atomic E-state index is 0.0214. The van der Waals surface area contributed by atoms with E-state index in [1.54, 1.807) is 12.1 Å². The van der Waals surface area contributed by atoms with Crippen molar-refractivity contribution in [1.82, 2.24) is 0 Å². The molecule has 400 valence electrons. The molecule has 0 amide bonds. The zero-order chi connectivity index (χ0) is 52.7. The van der Waals surface area contributed by atoms with E-state index < -0.39 is 6.10 Å². The Bertz CT molecular complexity index is 2210. The highest BCUT2D eigenvalue weighted by Crippen LogP contribution is 2.30. The van der Waals surface area contributed by atoms with E-state index in [2.05, 4.69) is 44.8 Å². The van der Waals surface area contributed by atoms with Crippen LogP contribution < -0.4 is 9.47 Å². The molecule has 0 spiro atoms. The molecule has 6 rings (SSSR count). The normalized spacial score (nSPS) is 16.2. The van der Waals surface area contributed by atoms with Gasteiger partial charge in [0.2, 0.25) is 0 Å². The molecule has 4 aromatic rings. The predicted molar refractivity (Wildman–Crippen MR) is 302 cm³/mol. The monoisotopic (exact) mass is 1010 g/mol. The highest BCUT2D eigenvalue weighted by molar-refractivity contribution is 5.78. The van der Waals surface area contributed by atoms with Crippen LogP contribution >= 0.6 is 0 Å². The Kier molecular flexibility index (Phi) is 32.2. The van der Waals surface area contributed by atoms with Crippen molar-refractivity contribution in [1.29, 1.82) is 0 Å². The van der Waals surface area contributed by atoms with E-state index >= 15 is 0 Å². The summed E-state index contributed by atoms with van der Waals surface area (Å²) in [5.74, 6) is 10.5. The second-order valence-corrected chi connectivity index (χ2v) is 19.1. The summed E-state index contributed by atoms with van der Waals surface area (Å²) in [5, 5.41) is 11.0. The Morgan fingerprint density at radius 1 is 0.635 bits per heavy atom. The Labute approximate surface area is 446 Å². The van der Waals surface area contributed by atoms with Crippen LogP contribution in [0.2, 0.25) is 0 Å². The smallest absolute Gasteiger partial charge is 0.157 e. The summed E-state index contributed by atoms with van der Waals surface area (Å²) in [6.45, 7) is 14.7. The Morgan fingerprint density at radius 3 is 1.68 bits per heavy atom. The number of unbranched alkanes of at least 4 members (excludes halogenated alkanes) is 6. The lowest BCUT2D eigenvalue weighted by atomic mass is 9.98. The maximum absolute atomic E-state index is 11.0. The van der Waals surface area contributed by atoms with Crippen LogP contribution in [0.4, 0.5) is 0 Å². The van der Waals surface area contributed by atoms with Crippen LogP contribution in [0.5, 0.6) is 11.5 Å². The molecule has 2 aliphatic rings. The lowest BCUT2D eigenvalue weighted by molar-refractivity contribution is -0.190. The van der Waals surface area contributed by atoms with Crippen LogP contribution in [0.1, 0.15) is 187 Å². The molecule has 0 saturated carbocycles. The highest BCUT2D eigenvalue weighted by atomic mass is 16.7. The van der Waals surface area contributed by atoms with Gasteiger partial charge in [-0.2, -0.15) is 0 Å². The fourth-order valence-electron chi connectivity index (χ4n) is 8.95. The van der Waals surface area contributed by atoms with Gasteiger partial charge in [-0.05, 0) is 106 Å². The molecule has 1 N–H and O–H groups in total. The van der Waals surface area contributed by atoms with E-state index in [1.165, 1.54) is 70.6 Å². The Balaban J connectivity index is 0.000000273. The van der Waals surface area contributed by atoms with Gasteiger partial charge in [0, 0.05) is 42.7 Å². The molecule has 0 aliphatic carbocycles. The molecule has 2 fully saturated rings. The molecule has 3 unspecified atom stereocenters. The zero-order valence-electron chi connectivity index (χ0n) is 45.0. The number of ether oxygens (including phenoxy) is 6. The van der Waals surface area contributed by atoms with E-state index in [0.717, 1.165) is 110 Å². The molecule has 0 bridgehead atoms. The Morgan fingerprint density at radius 2 is 1.15 bits per heavy atom. The van der Waals surface area contributed by atoms with Gasteiger partial charge in [0.05, 0.1) is 12.2 Å². The van der Waals surface area contributed by atoms with Crippen LogP contribution in [0.25, 0.3) is 0 Å². The summed E-state index contributed by atoms with van der Waals surface area (Å²) in [4.78, 5) is 11.0. The fourth-order valence-corrected chi connectivity index (χ4v) is 8.95. The van der Waals surface area contributed by atoms with Crippen molar-refractivity contribution in [3.63, 3.8) is 0 Å². The number of aliphatic hydroxyl groups excluding tert-OH is 1. The number of hydrogen-bond donors (Lipinski definition) is 1. The van der Waals surface area contributed by atoms with Gasteiger partial charge in [0.1, 0.15) is 37.1 Å². The van der Waals surface area contributed by atoms with Crippen molar-refractivity contribution < 1.29 is 38.3 Å². The summed E-state index contributed by atoms with van der Waals surface area (Å²) >= 11 is 0. The van der Waals surface area contributed by atoms with E-state index in [9.17, 15) is 9.90 Å².